The van der Waals surface area contributed by atoms with E-state index in [1.54, 1.807) is 19.1 Å². The molecule has 0 bridgehead atoms. The summed E-state index contributed by atoms with van der Waals surface area (Å²) in [4.78, 5) is 9.54. The Morgan fingerprint density at radius 2 is 1.74 bits per heavy atom. The molecular formula is C17H19FN2O6S. The summed E-state index contributed by atoms with van der Waals surface area (Å²) in [6.45, 7) is 1.78. The lowest BCUT2D eigenvalue weighted by Crippen LogP contribution is -2.27. The second-order valence-corrected chi connectivity index (χ2v) is 7.81. The quantitative estimate of drug-likeness (QED) is 0.525. The lowest BCUT2D eigenvalue weighted by Gasteiger charge is -2.20. The van der Waals surface area contributed by atoms with Gasteiger partial charge in [-0.15, -0.1) is 0 Å². The maximum Gasteiger partial charge on any atom is 0.306 e. The number of sulfonamides is 1. The summed E-state index contributed by atoms with van der Waals surface area (Å²) in [6.07, 6.45) is 0. The number of hydrogen-bond donors (Lipinski definition) is 0. The number of nitro groups is 1. The fraction of sp³-hybridized carbons (Fsp3) is 0.294. The Morgan fingerprint density at radius 3 is 2.30 bits per heavy atom. The standard InChI is InChI=1S/C17H19FN2O6S/c1-11-7-16(25-3)17(26-4)8-12(11)10-19(2)27(23,24)13-5-6-14(18)15(9-13)20(21)22/h5-9H,10H2,1-4H3. The Labute approximate surface area is 156 Å². The molecule has 0 aromatic heterocycles. The normalized spacial score (nSPS) is 11.5. The van der Waals surface area contributed by atoms with Crippen molar-refractivity contribution in [2.75, 3.05) is 21.3 Å². The maximum atomic E-state index is 13.5. The second-order valence-electron chi connectivity index (χ2n) is 5.77. The fourth-order valence-electron chi connectivity index (χ4n) is 2.49. The molecule has 0 heterocycles. The minimum Gasteiger partial charge on any atom is -0.493 e. The van der Waals surface area contributed by atoms with Crippen molar-refractivity contribution in [2.24, 2.45) is 0 Å². The average molecular weight is 398 g/mol. The first-order chi connectivity index (χ1) is 12.6. The highest BCUT2D eigenvalue weighted by Crippen LogP contribution is 2.31. The largest absolute Gasteiger partial charge is 0.493 e. The molecule has 2 rings (SSSR count). The molecule has 0 radical (unpaired) electrons. The van der Waals surface area contributed by atoms with E-state index in [0.717, 1.165) is 22.0 Å². The van der Waals surface area contributed by atoms with Crippen LogP contribution >= 0.6 is 0 Å². The summed E-state index contributed by atoms with van der Waals surface area (Å²) < 4.78 is 50.4. The van der Waals surface area contributed by atoms with E-state index in [1.807, 2.05) is 0 Å². The van der Waals surface area contributed by atoms with Gasteiger partial charge in [-0.25, -0.2) is 8.42 Å². The van der Waals surface area contributed by atoms with Crippen LogP contribution in [-0.2, 0) is 16.6 Å². The molecule has 2 aromatic rings. The van der Waals surface area contributed by atoms with Crippen LogP contribution in [0.25, 0.3) is 0 Å². The van der Waals surface area contributed by atoms with E-state index < -0.39 is 26.5 Å². The predicted molar refractivity (Wildman–Crippen MR) is 96.0 cm³/mol. The molecule has 0 aliphatic carbocycles. The van der Waals surface area contributed by atoms with Gasteiger partial charge in [0.05, 0.1) is 24.0 Å². The molecule has 0 saturated carbocycles. The molecule has 0 atom stereocenters. The number of aryl methyl sites for hydroxylation is 1. The van der Waals surface area contributed by atoms with Gasteiger partial charge < -0.3 is 9.47 Å². The Balaban J connectivity index is 2.39. The third-order valence-corrected chi connectivity index (χ3v) is 5.86. The molecule has 10 heteroatoms. The van der Waals surface area contributed by atoms with Gasteiger partial charge in [-0.3, -0.25) is 10.1 Å². The maximum absolute atomic E-state index is 13.5. The molecule has 2 aromatic carbocycles. The van der Waals surface area contributed by atoms with Gasteiger partial charge in [0.15, 0.2) is 11.5 Å². The van der Waals surface area contributed by atoms with Crippen LogP contribution in [0, 0.1) is 22.9 Å². The van der Waals surface area contributed by atoms with E-state index in [4.69, 9.17) is 9.47 Å². The van der Waals surface area contributed by atoms with E-state index in [-0.39, 0.29) is 11.4 Å². The monoisotopic (exact) mass is 398 g/mol. The highest BCUT2D eigenvalue weighted by Gasteiger charge is 2.26. The molecule has 0 spiro atoms. The highest BCUT2D eigenvalue weighted by molar-refractivity contribution is 7.89. The van der Waals surface area contributed by atoms with Crippen LogP contribution < -0.4 is 9.47 Å². The number of rotatable bonds is 7. The van der Waals surface area contributed by atoms with Gasteiger partial charge in [0.1, 0.15) is 0 Å². The van der Waals surface area contributed by atoms with Crippen LogP contribution in [0.15, 0.2) is 35.2 Å². The summed E-state index contributed by atoms with van der Waals surface area (Å²) in [5.74, 6) is -0.142. The fourth-order valence-corrected chi connectivity index (χ4v) is 3.66. The molecule has 0 saturated heterocycles. The van der Waals surface area contributed by atoms with E-state index in [1.165, 1.54) is 21.3 Å². The summed E-state index contributed by atoms with van der Waals surface area (Å²) in [7, 11) is 0.225. The van der Waals surface area contributed by atoms with Crippen molar-refractivity contribution >= 4 is 15.7 Å². The summed E-state index contributed by atoms with van der Waals surface area (Å²) >= 11 is 0. The van der Waals surface area contributed by atoms with Crippen molar-refractivity contribution in [3.05, 3.63) is 57.4 Å². The number of hydrogen-bond acceptors (Lipinski definition) is 6. The minimum absolute atomic E-state index is 0.0142. The van der Waals surface area contributed by atoms with Crippen molar-refractivity contribution < 1.29 is 27.2 Å². The number of halogens is 1. The lowest BCUT2D eigenvalue weighted by molar-refractivity contribution is -0.387. The molecule has 146 valence electrons. The van der Waals surface area contributed by atoms with Crippen LogP contribution in [0.3, 0.4) is 0 Å². The third-order valence-electron chi connectivity index (χ3n) is 4.06. The van der Waals surface area contributed by atoms with Gasteiger partial charge in [-0.1, -0.05) is 0 Å². The number of benzene rings is 2. The van der Waals surface area contributed by atoms with E-state index in [9.17, 15) is 22.9 Å². The van der Waals surface area contributed by atoms with Gasteiger partial charge >= 0.3 is 5.69 Å². The van der Waals surface area contributed by atoms with Crippen LogP contribution in [0.4, 0.5) is 10.1 Å². The zero-order chi connectivity index (χ0) is 20.4. The van der Waals surface area contributed by atoms with Gasteiger partial charge in [-0.2, -0.15) is 8.70 Å². The summed E-state index contributed by atoms with van der Waals surface area (Å²) in [5, 5.41) is 10.9. The van der Waals surface area contributed by atoms with Gasteiger partial charge in [0.25, 0.3) is 0 Å². The first-order valence-corrected chi connectivity index (χ1v) is 9.17. The minimum atomic E-state index is -4.07. The first kappa shape index (κ1) is 20.6. The molecule has 0 N–H and O–H groups in total. The van der Waals surface area contributed by atoms with Gasteiger partial charge in [0.2, 0.25) is 15.8 Å². The van der Waals surface area contributed by atoms with Crippen molar-refractivity contribution in [2.45, 2.75) is 18.4 Å². The van der Waals surface area contributed by atoms with Crippen LogP contribution in [0.5, 0.6) is 11.5 Å². The number of nitro benzene ring substituents is 1. The Morgan fingerprint density at radius 1 is 1.15 bits per heavy atom. The smallest absolute Gasteiger partial charge is 0.306 e. The summed E-state index contributed by atoms with van der Waals surface area (Å²) in [5.41, 5.74) is 0.543. The molecule has 0 aliphatic heterocycles. The summed E-state index contributed by atoms with van der Waals surface area (Å²) in [6, 6.07) is 5.85. The second kappa shape index (κ2) is 7.89. The first-order valence-electron chi connectivity index (χ1n) is 7.73. The molecule has 0 amide bonds. The predicted octanol–water partition coefficient (Wildman–Crippen LogP) is 2.88. The Bertz CT molecular complexity index is 978. The molecular weight excluding hydrogens is 379 g/mol. The van der Waals surface area contributed by atoms with Gasteiger partial charge in [-0.05, 0) is 42.3 Å². The van der Waals surface area contributed by atoms with Crippen molar-refractivity contribution in [1.29, 1.82) is 0 Å². The Hall–Kier alpha value is -2.72. The lowest BCUT2D eigenvalue weighted by atomic mass is 10.1. The zero-order valence-corrected chi connectivity index (χ0v) is 16.0. The SMILES string of the molecule is COc1cc(C)c(CN(C)S(=O)(=O)c2ccc(F)c([N+](=O)[O-])c2)cc1OC. The van der Waals surface area contributed by atoms with E-state index in [0.29, 0.717) is 23.1 Å². The van der Waals surface area contributed by atoms with Crippen molar-refractivity contribution in [3.8, 4) is 11.5 Å². The van der Waals surface area contributed by atoms with Crippen LogP contribution in [0.2, 0.25) is 0 Å². The zero-order valence-electron chi connectivity index (χ0n) is 15.2. The average Bonchev–Trinajstić information content (AvgIpc) is 2.62. The van der Waals surface area contributed by atoms with Crippen LogP contribution in [-0.4, -0.2) is 38.9 Å². The molecule has 0 unspecified atom stereocenters. The van der Waals surface area contributed by atoms with Crippen molar-refractivity contribution in [3.63, 3.8) is 0 Å². The molecule has 27 heavy (non-hydrogen) atoms. The molecule has 8 nitrogen and oxygen atoms in total. The van der Waals surface area contributed by atoms with Crippen molar-refractivity contribution in [1.82, 2.24) is 4.31 Å². The topological polar surface area (TPSA) is 99.0 Å². The molecule has 0 fully saturated rings. The Kier molecular flexibility index (Phi) is 6.01. The van der Waals surface area contributed by atoms with E-state index in [2.05, 4.69) is 0 Å². The number of ether oxygens (including phenoxy) is 2. The number of nitrogens with zero attached hydrogens (tertiary/aromatic N) is 2. The van der Waals surface area contributed by atoms with Crippen LogP contribution in [0.1, 0.15) is 11.1 Å². The van der Waals surface area contributed by atoms with E-state index >= 15 is 0 Å². The third kappa shape index (κ3) is 4.17. The number of methoxy groups -OCH3 is 2. The molecule has 0 aliphatic rings. The van der Waals surface area contributed by atoms with Gasteiger partial charge in [0, 0.05) is 19.7 Å². The highest BCUT2D eigenvalue weighted by atomic mass is 32.2.